The molecule has 2 aromatic carbocycles. The number of halogens is 1. The molecule has 0 atom stereocenters. The highest BCUT2D eigenvalue weighted by atomic mass is 35.5. The predicted octanol–water partition coefficient (Wildman–Crippen LogP) is 5.35. The summed E-state index contributed by atoms with van der Waals surface area (Å²) >= 11 is 7.46. The van der Waals surface area contributed by atoms with Crippen LogP contribution in [0.5, 0.6) is 5.75 Å². The van der Waals surface area contributed by atoms with Crippen LogP contribution in [0.2, 0.25) is 5.02 Å². The van der Waals surface area contributed by atoms with Crippen LogP contribution in [-0.2, 0) is 11.2 Å². The quantitative estimate of drug-likeness (QED) is 0.621. The zero-order chi connectivity index (χ0) is 18.5. The molecule has 26 heavy (non-hydrogen) atoms. The number of carbonyl (C=O) groups excluding carboxylic acids is 1. The number of benzene rings is 2. The number of rotatable bonds is 6. The van der Waals surface area contributed by atoms with Gasteiger partial charge in [0.05, 0.1) is 24.3 Å². The Morgan fingerprint density at radius 1 is 1.27 bits per heavy atom. The van der Waals surface area contributed by atoms with E-state index < -0.39 is 0 Å². The molecule has 0 saturated heterocycles. The smallest absolute Gasteiger partial charge is 0.230 e. The molecule has 0 fully saturated rings. The lowest BCUT2D eigenvalue weighted by atomic mass is 10.2. The Balaban J connectivity index is 1.71. The van der Waals surface area contributed by atoms with Crippen LogP contribution in [0.1, 0.15) is 18.2 Å². The number of ether oxygens (including phenoxy) is 1. The van der Waals surface area contributed by atoms with Gasteiger partial charge in [0, 0.05) is 16.1 Å². The first-order valence-corrected chi connectivity index (χ1v) is 9.55. The molecule has 0 spiro atoms. The average molecular weight is 387 g/mol. The lowest BCUT2D eigenvalue weighted by Gasteiger charge is -2.08. The highest BCUT2D eigenvalue weighted by Gasteiger charge is 2.13. The maximum Gasteiger partial charge on any atom is 0.230 e. The first-order chi connectivity index (χ1) is 12.6. The largest absolute Gasteiger partial charge is 0.493 e. The number of anilines is 1. The van der Waals surface area contributed by atoms with Crippen molar-refractivity contribution in [3.63, 3.8) is 0 Å². The summed E-state index contributed by atoms with van der Waals surface area (Å²) in [6.07, 6.45) is 0.218. The number of aryl methyl sites for hydroxylation is 1. The number of hydrogen-bond acceptors (Lipinski definition) is 4. The molecule has 4 nitrogen and oxygen atoms in total. The van der Waals surface area contributed by atoms with Gasteiger partial charge in [-0.05, 0) is 49.7 Å². The van der Waals surface area contributed by atoms with Gasteiger partial charge in [-0.1, -0.05) is 23.7 Å². The fraction of sp³-hybridized carbons (Fsp3) is 0.200. The Morgan fingerprint density at radius 2 is 2.08 bits per heavy atom. The molecule has 0 aliphatic rings. The fourth-order valence-electron chi connectivity index (χ4n) is 2.56. The standard InChI is InChI=1S/C20H19ClN2O2S/c1-3-25-18-7-5-4-6-16(18)20-22-15(12-26-20)11-19(24)23-17-9-8-14(21)10-13(17)2/h4-10,12H,3,11H2,1-2H3,(H,23,24). The van der Waals surface area contributed by atoms with E-state index in [0.29, 0.717) is 11.6 Å². The molecule has 0 unspecified atom stereocenters. The van der Waals surface area contributed by atoms with E-state index in [-0.39, 0.29) is 12.3 Å². The third-order valence-electron chi connectivity index (χ3n) is 3.77. The molecule has 0 radical (unpaired) electrons. The normalized spacial score (nSPS) is 10.6. The Labute approximate surface area is 161 Å². The van der Waals surface area contributed by atoms with E-state index in [1.165, 1.54) is 11.3 Å². The van der Waals surface area contributed by atoms with Crippen LogP contribution in [0.3, 0.4) is 0 Å². The van der Waals surface area contributed by atoms with Gasteiger partial charge in [0.25, 0.3) is 0 Å². The van der Waals surface area contributed by atoms with Crippen LogP contribution in [-0.4, -0.2) is 17.5 Å². The van der Waals surface area contributed by atoms with Crippen molar-refractivity contribution in [2.75, 3.05) is 11.9 Å². The van der Waals surface area contributed by atoms with E-state index in [4.69, 9.17) is 16.3 Å². The predicted molar refractivity (Wildman–Crippen MR) is 107 cm³/mol. The van der Waals surface area contributed by atoms with Gasteiger partial charge in [-0.3, -0.25) is 4.79 Å². The molecular weight excluding hydrogens is 368 g/mol. The highest BCUT2D eigenvalue weighted by molar-refractivity contribution is 7.13. The molecule has 6 heteroatoms. The second-order valence-corrected chi connectivity index (χ2v) is 7.05. The summed E-state index contributed by atoms with van der Waals surface area (Å²) in [5.74, 6) is 0.697. The van der Waals surface area contributed by atoms with Crippen molar-refractivity contribution in [1.29, 1.82) is 0 Å². The van der Waals surface area contributed by atoms with Gasteiger partial charge in [0.2, 0.25) is 5.91 Å². The van der Waals surface area contributed by atoms with Gasteiger partial charge >= 0.3 is 0 Å². The fourth-order valence-corrected chi connectivity index (χ4v) is 3.64. The summed E-state index contributed by atoms with van der Waals surface area (Å²) in [6.45, 7) is 4.46. The molecule has 0 saturated carbocycles. The third kappa shape index (κ3) is 4.42. The molecule has 0 aliphatic heterocycles. The lowest BCUT2D eigenvalue weighted by Crippen LogP contribution is -2.15. The van der Waals surface area contributed by atoms with E-state index in [2.05, 4.69) is 10.3 Å². The van der Waals surface area contributed by atoms with Gasteiger partial charge < -0.3 is 10.1 Å². The second-order valence-electron chi connectivity index (χ2n) is 5.76. The molecule has 0 aliphatic carbocycles. The number of carbonyl (C=O) groups is 1. The summed E-state index contributed by atoms with van der Waals surface area (Å²) in [5, 5.41) is 6.32. The maximum absolute atomic E-state index is 12.3. The van der Waals surface area contributed by atoms with Crippen LogP contribution < -0.4 is 10.1 Å². The number of thiazole rings is 1. The third-order valence-corrected chi connectivity index (χ3v) is 4.93. The molecular formula is C20H19ClN2O2S. The van der Waals surface area contributed by atoms with Crippen molar-refractivity contribution in [2.45, 2.75) is 20.3 Å². The van der Waals surface area contributed by atoms with Crippen LogP contribution in [0, 0.1) is 6.92 Å². The zero-order valence-corrected chi connectivity index (χ0v) is 16.2. The Hall–Kier alpha value is -2.37. The van der Waals surface area contributed by atoms with E-state index in [1.54, 1.807) is 12.1 Å². The summed E-state index contributed by atoms with van der Waals surface area (Å²) in [5.41, 5.74) is 3.37. The molecule has 3 rings (SSSR count). The summed E-state index contributed by atoms with van der Waals surface area (Å²) < 4.78 is 5.66. The van der Waals surface area contributed by atoms with Gasteiger partial charge in [0.15, 0.2) is 0 Å². The van der Waals surface area contributed by atoms with Crippen molar-refractivity contribution in [1.82, 2.24) is 4.98 Å². The minimum absolute atomic E-state index is 0.106. The van der Waals surface area contributed by atoms with Gasteiger partial charge in [0.1, 0.15) is 10.8 Å². The van der Waals surface area contributed by atoms with Crippen molar-refractivity contribution in [3.8, 4) is 16.3 Å². The van der Waals surface area contributed by atoms with Gasteiger partial charge in [-0.15, -0.1) is 11.3 Å². The first kappa shape index (κ1) is 18.4. The lowest BCUT2D eigenvalue weighted by molar-refractivity contribution is -0.115. The zero-order valence-electron chi connectivity index (χ0n) is 14.6. The number of amides is 1. The van der Waals surface area contributed by atoms with Crippen molar-refractivity contribution in [3.05, 3.63) is 64.1 Å². The number of para-hydroxylation sites is 1. The average Bonchev–Trinajstić information content (AvgIpc) is 3.06. The topological polar surface area (TPSA) is 51.2 Å². The minimum Gasteiger partial charge on any atom is -0.493 e. The monoisotopic (exact) mass is 386 g/mol. The number of hydrogen-bond donors (Lipinski definition) is 1. The molecule has 0 bridgehead atoms. The van der Waals surface area contributed by atoms with Crippen molar-refractivity contribution >= 4 is 34.5 Å². The van der Waals surface area contributed by atoms with Gasteiger partial charge in [-0.25, -0.2) is 4.98 Å². The SMILES string of the molecule is CCOc1ccccc1-c1nc(CC(=O)Nc2ccc(Cl)cc2C)cs1. The van der Waals surface area contributed by atoms with Gasteiger partial charge in [-0.2, -0.15) is 0 Å². The molecule has 1 heterocycles. The van der Waals surface area contributed by atoms with Crippen LogP contribution >= 0.6 is 22.9 Å². The summed E-state index contributed by atoms with van der Waals surface area (Å²) in [4.78, 5) is 16.9. The molecule has 3 aromatic rings. The van der Waals surface area contributed by atoms with E-state index in [1.807, 2.05) is 49.6 Å². The van der Waals surface area contributed by atoms with Crippen molar-refractivity contribution < 1.29 is 9.53 Å². The molecule has 1 aromatic heterocycles. The van der Waals surface area contributed by atoms with Crippen LogP contribution in [0.15, 0.2) is 47.8 Å². The Bertz CT molecular complexity index is 924. The second kappa shape index (κ2) is 8.34. The molecule has 134 valence electrons. The maximum atomic E-state index is 12.3. The van der Waals surface area contributed by atoms with E-state index in [0.717, 1.165) is 33.3 Å². The highest BCUT2D eigenvalue weighted by Crippen LogP contribution is 2.32. The summed E-state index contributed by atoms with van der Waals surface area (Å²) in [6, 6.07) is 13.2. The van der Waals surface area contributed by atoms with E-state index >= 15 is 0 Å². The number of nitrogens with zero attached hydrogens (tertiary/aromatic N) is 1. The van der Waals surface area contributed by atoms with Crippen molar-refractivity contribution in [2.24, 2.45) is 0 Å². The molecule has 1 N–H and O–H groups in total. The first-order valence-electron chi connectivity index (χ1n) is 8.29. The van der Waals surface area contributed by atoms with Crippen LogP contribution in [0.4, 0.5) is 5.69 Å². The Morgan fingerprint density at radius 3 is 2.85 bits per heavy atom. The number of aromatic nitrogens is 1. The van der Waals surface area contributed by atoms with E-state index in [9.17, 15) is 4.79 Å². The number of nitrogens with one attached hydrogen (secondary N) is 1. The summed E-state index contributed by atoms with van der Waals surface area (Å²) in [7, 11) is 0. The Kier molecular flexibility index (Phi) is 5.91. The van der Waals surface area contributed by atoms with Crippen LogP contribution in [0.25, 0.3) is 10.6 Å². The minimum atomic E-state index is -0.106. The molecule has 1 amide bonds.